The molecule has 0 aliphatic heterocycles. The van der Waals surface area contributed by atoms with Crippen LogP contribution >= 0.6 is 23.2 Å². The molecule has 0 spiro atoms. The Balaban J connectivity index is 2.52. The van der Waals surface area contributed by atoms with Crippen LogP contribution in [-0.2, 0) is 26.2 Å². The fourth-order valence-corrected chi connectivity index (χ4v) is 5.12. The monoisotopic (exact) mass is 527 g/mol. The summed E-state index contributed by atoms with van der Waals surface area (Å²) in [5.74, 6) is -0.877. The quantitative estimate of drug-likeness (QED) is 0.498. The number of halogens is 2. The van der Waals surface area contributed by atoms with E-state index in [0.717, 1.165) is 21.7 Å². The molecular weight excluding hydrogens is 497 g/mol. The minimum atomic E-state index is -3.80. The number of carbonyl (C=O) groups excluding carboxylic acids is 2. The standard InChI is InChI=1S/C24H31Cl2N3O4S/c1-6-22(24(31)27-7-2)28(14-19-20(25)9-8-10-21(19)26)23(30)15-29(34(5,32)33)18-12-16(3)11-17(4)13-18/h8-13,22H,6-7,14-15H2,1-5H3,(H,27,31)/t22-/m0/s1. The first-order valence-corrected chi connectivity index (χ1v) is 13.6. The van der Waals surface area contributed by atoms with Crippen LogP contribution in [0.25, 0.3) is 0 Å². The summed E-state index contributed by atoms with van der Waals surface area (Å²) in [5, 5.41) is 3.45. The topological polar surface area (TPSA) is 86.8 Å². The average molecular weight is 529 g/mol. The number of rotatable bonds is 10. The number of sulfonamides is 1. The van der Waals surface area contributed by atoms with Gasteiger partial charge < -0.3 is 10.2 Å². The van der Waals surface area contributed by atoms with Crippen molar-refractivity contribution in [3.8, 4) is 0 Å². The van der Waals surface area contributed by atoms with Crippen LogP contribution in [0.1, 0.15) is 37.0 Å². The SMILES string of the molecule is CCNC(=O)[C@H](CC)N(Cc1c(Cl)cccc1Cl)C(=O)CN(c1cc(C)cc(C)c1)S(C)(=O)=O. The summed E-state index contributed by atoms with van der Waals surface area (Å²) in [7, 11) is -3.80. The molecule has 34 heavy (non-hydrogen) atoms. The van der Waals surface area contributed by atoms with Gasteiger partial charge in [-0.1, -0.05) is 42.3 Å². The molecule has 10 heteroatoms. The number of nitrogens with zero attached hydrogens (tertiary/aromatic N) is 2. The summed E-state index contributed by atoms with van der Waals surface area (Å²) in [6.07, 6.45) is 1.37. The van der Waals surface area contributed by atoms with E-state index in [2.05, 4.69) is 5.32 Å². The van der Waals surface area contributed by atoms with E-state index in [0.29, 0.717) is 34.3 Å². The van der Waals surface area contributed by atoms with Gasteiger partial charge in [-0.2, -0.15) is 0 Å². The first kappa shape index (κ1) is 28.0. The molecule has 2 aromatic rings. The molecule has 2 rings (SSSR count). The Morgan fingerprint density at radius 1 is 1.03 bits per heavy atom. The highest BCUT2D eigenvalue weighted by Crippen LogP contribution is 2.28. The van der Waals surface area contributed by atoms with Crippen LogP contribution in [0, 0.1) is 13.8 Å². The van der Waals surface area contributed by atoms with Crippen molar-refractivity contribution in [2.45, 2.75) is 46.7 Å². The second-order valence-electron chi connectivity index (χ2n) is 8.16. The number of anilines is 1. The number of nitrogens with one attached hydrogen (secondary N) is 1. The maximum absolute atomic E-state index is 13.6. The van der Waals surface area contributed by atoms with E-state index in [-0.39, 0.29) is 12.5 Å². The predicted molar refractivity (Wildman–Crippen MR) is 138 cm³/mol. The van der Waals surface area contributed by atoms with Crippen molar-refractivity contribution in [1.82, 2.24) is 10.2 Å². The normalized spacial score (nSPS) is 12.2. The highest BCUT2D eigenvalue weighted by Gasteiger charge is 2.32. The van der Waals surface area contributed by atoms with E-state index in [4.69, 9.17) is 23.2 Å². The maximum atomic E-state index is 13.6. The first-order valence-electron chi connectivity index (χ1n) is 10.9. The molecule has 0 aromatic heterocycles. The van der Waals surface area contributed by atoms with Crippen molar-refractivity contribution < 1.29 is 18.0 Å². The van der Waals surface area contributed by atoms with Crippen molar-refractivity contribution in [1.29, 1.82) is 0 Å². The average Bonchev–Trinajstić information content (AvgIpc) is 2.72. The summed E-state index contributed by atoms with van der Waals surface area (Å²) >= 11 is 12.7. The lowest BCUT2D eigenvalue weighted by Gasteiger charge is -2.33. The zero-order valence-corrected chi connectivity index (χ0v) is 22.4. The van der Waals surface area contributed by atoms with Gasteiger partial charge in [-0.05, 0) is 62.6 Å². The van der Waals surface area contributed by atoms with Gasteiger partial charge in [0.05, 0.1) is 11.9 Å². The lowest BCUT2D eigenvalue weighted by Crippen LogP contribution is -2.52. The lowest BCUT2D eigenvalue weighted by atomic mass is 10.1. The van der Waals surface area contributed by atoms with Crippen molar-refractivity contribution in [3.05, 3.63) is 63.1 Å². The van der Waals surface area contributed by atoms with E-state index < -0.39 is 28.5 Å². The van der Waals surface area contributed by atoms with Gasteiger partial charge in [-0.25, -0.2) is 8.42 Å². The molecule has 2 aromatic carbocycles. The van der Waals surface area contributed by atoms with Gasteiger partial charge in [0.1, 0.15) is 12.6 Å². The summed E-state index contributed by atoms with van der Waals surface area (Å²) in [6.45, 7) is 7.15. The van der Waals surface area contributed by atoms with Crippen molar-refractivity contribution in [2.75, 3.05) is 23.7 Å². The lowest BCUT2D eigenvalue weighted by molar-refractivity contribution is -0.140. The molecule has 0 aliphatic rings. The van der Waals surface area contributed by atoms with E-state index in [1.807, 2.05) is 19.9 Å². The zero-order valence-electron chi connectivity index (χ0n) is 20.1. The number of amides is 2. The summed E-state index contributed by atoms with van der Waals surface area (Å²) in [4.78, 5) is 27.8. The minimum absolute atomic E-state index is 0.0442. The maximum Gasteiger partial charge on any atom is 0.244 e. The Kier molecular flexibility index (Phi) is 9.79. The van der Waals surface area contributed by atoms with Crippen LogP contribution in [0.15, 0.2) is 36.4 Å². The van der Waals surface area contributed by atoms with Gasteiger partial charge in [-0.15, -0.1) is 0 Å². The molecule has 7 nitrogen and oxygen atoms in total. The fraction of sp³-hybridized carbons (Fsp3) is 0.417. The second kappa shape index (κ2) is 11.9. The third-order valence-corrected chi connectivity index (χ3v) is 7.15. The molecule has 186 valence electrons. The van der Waals surface area contributed by atoms with Crippen LogP contribution in [0.5, 0.6) is 0 Å². The number of benzene rings is 2. The predicted octanol–water partition coefficient (Wildman–Crippen LogP) is 4.32. The molecule has 0 saturated heterocycles. The summed E-state index contributed by atoms with van der Waals surface area (Å²) in [6, 6.07) is 9.48. The molecule has 0 radical (unpaired) electrons. The second-order valence-corrected chi connectivity index (χ2v) is 10.9. The Morgan fingerprint density at radius 3 is 2.06 bits per heavy atom. The van der Waals surface area contributed by atoms with Crippen molar-refractivity contribution in [3.63, 3.8) is 0 Å². The van der Waals surface area contributed by atoms with Gasteiger partial charge in [0, 0.05) is 28.7 Å². The smallest absolute Gasteiger partial charge is 0.244 e. The third kappa shape index (κ3) is 7.10. The van der Waals surface area contributed by atoms with E-state index in [1.165, 1.54) is 4.90 Å². The summed E-state index contributed by atoms with van der Waals surface area (Å²) < 4.78 is 26.4. The van der Waals surface area contributed by atoms with E-state index >= 15 is 0 Å². The highest BCUT2D eigenvalue weighted by atomic mass is 35.5. The number of hydrogen-bond donors (Lipinski definition) is 1. The Hall–Kier alpha value is -2.29. The van der Waals surface area contributed by atoms with Gasteiger partial charge in [-0.3, -0.25) is 13.9 Å². The Labute approximate surface area is 212 Å². The van der Waals surface area contributed by atoms with Crippen LogP contribution in [0.2, 0.25) is 10.0 Å². The molecule has 0 heterocycles. The number of aryl methyl sites for hydroxylation is 2. The van der Waals surface area contributed by atoms with Gasteiger partial charge >= 0.3 is 0 Å². The van der Waals surface area contributed by atoms with Gasteiger partial charge in [0.15, 0.2) is 0 Å². The molecular formula is C24H31Cl2N3O4S. The van der Waals surface area contributed by atoms with Gasteiger partial charge in [0.2, 0.25) is 21.8 Å². The number of hydrogen-bond acceptors (Lipinski definition) is 4. The van der Waals surface area contributed by atoms with Crippen LogP contribution < -0.4 is 9.62 Å². The third-order valence-electron chi connectivity index (χ3n) is 5.30. The van der Waals surface area contributed by atoms with Crippen molar-refractivity contribution in [2.24, 2.45) is 0 Å². The zero-order chi connectivity index (χ0) is 25.6. The van der Waals surface area contributed by atoms with Crippen LogP contribution in [-0.4, -0.2) is 50.5 Å². The van der Waals surface area contributed by atoms with Gasteiger partial charge in [0.25, 0.3) is 0 Å². The Morgan fingerprint density at radius 2 is 1.59 bits per heavy atom. The molecule has 0 bridgehead atoms. The first-order chi connectivity index (χ1) is 15.9. The molecule has 0 aliphatic carbocycles. The van der Waals surface area contributed by atoms with Crippen molar-refractivity contribution >= 4 is 50.7 Å². The molecule has 0 unspecified atom stereocenters. The Bertz CT molecular complexity index is 1110. The molecule has 0 fully saturated rings. The summed E-state index contributed by atoms with van der Waals surface area (Å²) in [5.41, 5.74) is 2.60. The fourth-order valence-electron chi connectivity index (χ4n) is 3.77. The van der Waals surface area contributed by atoms with E-state index in [9.17, 15) is 18.0 Å². The van der Waals surface area contributed by atoms with E-state index in [1.54, 1.807) is 44.2 Å². The highest BCUT2D eigenvalue weighted by molar-refractivity contribution is 7.92. The number of likely N-dealkylation sites (N-methyl/N-ethyl adjacent to an activating group) is 1. The molecule has 0 saturated carbocycles. The minimum Gasteiger partial charge on any atom is -0.355 e. The van der Waals surface area contributed by atoms with Crippen LogP contribution in [0.4, 0.5) is 5.69 Å². The number of carbonyl (C=O) groups is 2. The molecule has 2 amide bonds. The van der Waals surface area contributed by atoms with Crippen LogP contribution in [0.3, 0.4) is 0 Å². The molecule has 1 N–H and O–H groups in total. The molecule has 1 atom stereocenters. The largest absolute Gasteiger partial charge is 0.355 e.